The summed E-state index contributed by atoms with van der Waals surface area (Å²) in [6, 6.07) is 6.23. The molecule has 24 heavy (non-hydrogen) atoms. The van der Waals surface area contributed by atoms with E-state index < -0.39 is 0 Å². The van der Waals surface area contributed by atoms with Gasteiger partial charge in [0.25, 0.3) is 0 Å². The van der Waals surface area contributed by atoms with Gasteiger partial charge in [0.05, 0.1) is 18.5 Å². The molecule has 0 amide bonds. The summed E-state index contributed by atoms with van der Waals surface area (Å²) in [5, 5.41) is 8.90. The second kappa shape index (κ2) is 7.03. The Kier molecular flexibility index (Phi) is 5.01. The van der Waals surface area contributed by atoms with Crippen LogP contribution in [0, 0.1) is 13.8 Å². The SMILES string of the molecule is COc1ccc(Cl)cc1N1CC[C@H](NCc2c(C)nn(C)c2C)C1. The molecule has 1 N–H and O–H groups in total. The summed E-state index contributed by atoms with van der Waals surface area (Å²) in [4.78, 5) is 2.34. The van der Waals surface area contributed by atoms with Gasteiger partial charge in [0.1, 0.15) is 5.75 Å². The number of nitrogens with one attached hydrogen (secondary N) is 1. The Balaban J connectivity index is 1.65. The number of ether oxygens (including phenoxy) is 1. The predicted octanol–water partition coefficient (Wildman–Crippen LogP) is 3.07. The van der Waals surface area contributed by atoms with Gasteiger partial charge in [0.15, 0.2) is 0 Å². The van der Waals surface area contributed by atoms with Gasteiger partial charge in [-0.2, -0.15) is 5.10 Å². The standard InChI is InChI=1S/C18H25ClN4O/c1-12-16(13(2)22(3)21-12)10-20-15-7-8-23(11-15)17-9-14(19)5-6-18(17)24-4/h5-6,9,15,20H,7-8,10-11H2,1-4H3/t15-/m0/s1. The van der Waals surface area contributed by atoms with E-state index in [9.17, 15) is 0 Å². The lowest BCUT2D eigenvalue weighted by Crippen LogP contribution is -2.32. The zero-order valence-corrected chi connectivity index (χ0v) is 15.5. The highest BCUT2D eigenvalue weighted by atomic mass is 35.5. The van der Waals surface area contributed by atoms with Crippen molar-refractivity contribution in [3.8, 4) is 5.75 Å². The summed E-state index contributed by atoms with van der Waals surface area (Å²) in [5.74, 6) is 0.874. The summed E-state index contributed by atoms with van der Waals surface area (Å²) in [7, 11) is 3.70. The average Bonchev–Trinajstić information content (AvgIpc) is 3.11. The van der Waals surface area contributed by atoms with Crippen LogP contribution in [0.5, 0.6) is 5.75 Å². The summed E-state index contributed by atoms with van der Waals surface area (Å²) in [6.45, 7) is 7.00. The Morgan fingerprint density at radius 2 is 2.17 bits per heavy atom. The van der Waals surface area contributed by atoms with Gasteiger partial charge in [-0.15, -0.1) is 0 Å². The van der Waals surface area contributed by atoms with E-state index in [1.165, 1.54) is 11.3 Å². The molecule has 0 aliphatic carbocycles. The lowest BCUT2D eigenvalue weighted by atomic mass is 10.1. The van der Waals surface area contributed by atoms with Crippen LogP contribution in [0.1, 0.15) is 23.4 Å². The van der Waals surface area contributed by atoms with E-state index in [2.05, 4.69) is 29.2 Å². The lowest BCUT2D eigenvalue weighted by molar-refractivity contribution is 0.414. The lowest BCUT2D eigenvalue weighted by Gasteiger charge is -2.22. The van der Waals surface area contributed by atoms with E-state index in [0.717, 1.165) is 48.2 Å². The van der Waals surface area contributed by atoms with Crippen molar-refractivity contribution in [2.75, 3.05) is 25.1 Å². The van der Waals surface area contributed by atoms with Gasteiger partial charge in [-0.05, 0) is 38.5 Å². The smallest absolute Gasteiger partial charge is 0.142 e. The van der Waals surface area contributed by atoms with Crippen LogP contribution in [0.15, 0.2) is 18.2 Å². The van der Waals surface area contributed by atoms with Crippen LogP contribution in [0.25, 0.3) is 0 Å². The van der Waals surface area contributed by atoms with Crippen LogP contribution in [0.4, 0.5) is 5.69 Å². The van der Waals surface area contributed by atoms with E-state index in [-0.39, 0.29) is 0 Å². The summed E-state index contributed by atoms with van der Waals surface area (Å²) in [5.41, 5.74) is 4.71. The van der Waals surface area contributed by atoms with Crippen molar-refractivity contribution in [1.82, 2.24) is 15.1 Å². The van der Waals surface area contributed by atoms with Crippen LogP contribution in [0.3, 0.4) is 0 Å². The number of anilines is 1. The quantitative estimate of drug-likeness (QED) is 0.901. The van der Waals surface area contributed by atoms with Crippen LogP contribution >= 0.6 is 11.6 Å². The van der Waals surface area contributed by atoms with E-state index in [0.29, 0.717) is 6.04 Å². The molecule has 1 aliphatic rings. The van der Waals surface area contributed by atoms with Crippen LogP contribution in [-0.2, 0) is 13.6 Å². The Hall–Kier alpha value is -1.72. The number of benzene rings is 1. The first-order valence-electron chi connectivity index (χ1n) is 8.30. The van der Waals surface area contributed by atoms with Crippen LogP contribution in [-0.4, -0.2) is 36.0 Å². The minimum atomic E-state index is 0.452. The molecule has 1 fully saturated rings. The Morgan fingerprint density at radius 1 is 1.38 bits per heavy atom. The number of methoxy groups -OCH3 is 1. The highest BCUT2D eigenvalue weighted by Crippen LogP contribution is 2.33. The van der Waals surface area contributed by atoms with Crippen molar-refractivity contribution in [2.24, 2.45) is 7.05 Å². The third-order valence-corrected chi connectivity index (χ3v) is 5.13. The fourth-order valence-corrected chi connectivity index (χ4v) is 3.54. The van der Waals surface area contributed by atoms with Gasteiger partial charge >= 0.3 is 0 Å². The number of hydrogen-bond donors (Lipinski definition) is 1. The van der Waals surface area contributed by atoms with Gasteiger partial charge in [0, 0.05) is 49.0 Å². The van der Waals surface area contributed by atoms with Crippen LogP contribution < -0.4 is 15.0 Å². The number of aryl methyl sites for hydroxylation is 2. The molecular weight excluding hydrogens is 324 g/mol. The first kappa shape index (κ1) is 17.1. The molecule has 0 radical (unpaired) electrons. The summed E-state index contributed by atoms with van der Waals surface area (Å²) in [6.07, 6.45) is 1.11. The molecule has 1 atom stereocenters. The predicted molar refractivity (Wildman–Crippen MR) is 98.1 cm³/mol. The average molecular weight is 349 g/mol. The van der Waals surface area contributed by atoms with E-state index in [1.54, 1.807) is 7.11 Å². The molecule has 0 spiro atoms. The number of aromatic nitrogens is 2. The molecule has 0 unspecified atom stereocenters. The molecule has 2 heterocycles. The minimum Gasteiger partial charge on any atom is -0.495 e. The second-order valence-corrected chi connectivity index (χ2v) is 6.84. The van der Waals surface area contributed by atoms with Crippen molar-refractivity contribution in [2.45, 2.75) is 32.9 Å². The van der Waals surface area contributed by atoms with Gasteiger partial charge in [-0.25, -0.2) is 0 Å². The fraction of sp³-hybridized carbons (Fsp3) is 0.500. The van der Waals surface area contributed by atoms with Gasteiger partial charge in [0.2, 0.25) is 0 Å². The van der Waals surface area contributed by atoms with E-state index in [1.807, 2.05) is 29.9 Å². The molecule has 1 aromatic carbocycles. The normalized spacial score (nSPS) is 17.5. The fourth-order valence-electron chi connectivity index (χ4n) is 3.38. The maximum Gasteiger partial charge on any atom is 0.142 e. The number of nitrogens with zero attached hydrogens (tertiary/aromatic N) is 3. The monoisotopic (exact) mass is 348 g/mol. The number of halogens is 1. The number of hydrogen-bond acceptors (Lipinski definition) is 4. The third kappa shape index (κ3) is 3.37. The van der Waals surface area contributed by atoms with Crippen molar-refractivity contribution in [1.29, 1.82) is 0 Å². The molecule has 1 saturated heterocycles. The van der Waals surface area contributed by atoms with Crippen molar-refractivity contribution >= 4 is 17.3 Å². The zero-order valence-electron chi connectivity index (χ0n) is 14.8. The topological polar surface area (TPSA) is 42.3 Å². The molecular formula is C18H25ClN4O. The molecule has 0 bridgehead atoms. The van der Waals surface area contributed by atoms with Crippen molar-refractivity contribution < 1.29 is 4.74 Å². The maximum atomic E-state index is 6.16. The van der Waals surface area contributed by atoms with Crippen LogP contribution in [0.2, 0.25) is 5.02 Å². The zero-order chi connectivity index (χ0) is 17.3. The highest BCUT2D eigenvalue weighted by Gasteiger charge is 2.25. The molecule has 3 rings (SSSR count). The third-order valence-electron chi connectivity index (χ3n) is 4.90. The van der Waals surface area contributed by atoms with Gasteiger partial charge in [-0.3, -0.25) is 4.68 Å². The summed E-state index contributed by atoms with van der Waals surface area (Å²) >= 11 is 6.16. The molecule has 6 heteroatoms. The Morgan fingerprint density at radius 3 is 2.83 bits per heavy atom. The number of rotatable bonds is 5. The van der Waals surface area contributed by atoms with Gasteiger partial charge < -0.3 is 15.0 Å². The molecule has 5 nitrogen and oxygen atoms in total. The molecule has 130 valence electrons. The van der Waals surface area contributed by atoms with Crippen molar-refractivity contribution in [3.05, 3.63) is 40.2 Å². The van der Waals surface area contributed by atoms with Gasteiger partial charge in [-0.1, -0.05) is 11.6 Å². The van der Waals surface area contributed by atoms with E-state index >= 15 is 0 Å². The first-order chi connectivity index (χ1) is 11.5. The summed E-state index contributed by atoms with van der Waals surface area (Å²) < 4.78 is 7.43. The Bertz CT molecular complexity index is 728. The minimum absolute atomic E-state index is 0.452. The molecule has 1 aromatic heterocycles. The largest absolute Gasteiger partial charge is 0.495 e. The molecule has 1 aliphatic heterocycles. The second-order valence-electron chi connectivity index (χ2n) is 6.40. The molecule has 0 saturated carbocycles. The highest BCUT2D eigenvalue weighted by molar-refractivity contribution is 6.30. The molecule has 2 aromatic rings. The Labute approximate surface area is 148 Å². The first-order valence-corrected chi connectivity index (χ1v) is 8.68. The van der Waals surface area contributed by atoms with E-state index in [4.69, 9.17) is 16.3 Å². The maximum absolute atomic E-state index is 6.16. The van der Waals surface area contributed by atoms with Crippen molar-refractivity contribution in [3.63, 3.8) is 0 Å².